The van der Waals surface area contributed by atoms with Crippen LogP contribution in [0.25, 0.3) is 0 Å². The van der Waals surface area contributed by atoms with Gasteiger partial charge < -0.3 is 119 Å². The van der Waals surface area contributed by atoms with Crippen LogP contribution in [0.1, 0.15) is 183 Å². The molecule has 2 unspecified atom stereocenters. The number of rotatable bonds is 25. The van der Waals surface area contributed by atoms with Crippen LogP contribution in [0, 0.1) is 5.92 Å². The fourth-order valence-corrected chi connectivity index (χ4v) is 9.18. The summed E-state index contributed by atoms with van der Waals surface area (Å²) >= 11 is 0. The highest BCUT2D eigenvalue weighted by Crippen LogP contribution is 2.14. The van der Waals surface area contributed by atoms with Gasteiger partial charge in [-0.2, -0.15) is 0 Å². The molecule has 1 aliphatic heterocycles. The van der Waals surface area contributed by atoms with E-state index in [1.165, 1.54) is 27.7 Å². The number of aliphatic hydroxyl groups excluding tert-OH is 2. The van der Waals surface area contributed by atoms with Gasteiger partial charge in [0, 0.05) is 32.7 Å². The maximum absolute atomic E-state index is 15.0. The molecule has 0 aliphatic carbocycles. The highest BCUT2D eigenvalue weighted by Gasteiger charge is 2.39. The Labute approximate surface area is 608 Å². The fraction of sp³-hybridized carbons (Fsp3) is 0.773. The molecule has 38 nitrogen and oxygen atoms in total. The number of hydrogen-bond donors (Lipinski definition) is 18. The second kappa shape index (κ2) is 42.6. The first-order valence-corrected chi connectivity index (χ1v) is 34.7. The van der Waals surface area contributed by atoms with Gasteiger partial charge in [-0.05, 0) is 169 Å². The van der Waals surface area contributed by atoms with E-state index in [2.05, 4.69) is 79.8 Å². The molecule has 0 spiro atoms. The lowest BCUT2D eigenvalue weighted by molar-refractivity contribution is -0.136. The van der Waals surface area contributed by atoms with Crippen LogP contribution < -0.4 is 85.5 Å². The van der Waals surface area contributed by atoms with Crippen LogP contribution in [0.5, 0.6) is 0 Å². The van der Waals surface area contributed by atoms with E-state index in [-0.39, 0.29) is 51.2 Å². The predicted octanol–water partition coefficient (Wildman–Crippen LogP) is -1.40. The van der Waals surface area contributed by atoms with E-state index in [1.807, 2.05) is 0 Å². The topological polar surface area (TPSA) is 549 Å². The van der Waals surface area contributed by atoms with Crippen molar-refractivity contribution in [1.82, 2.24) is 79.8 Å². The van der Waals surface area contributed by atoms with Crippen molar-refractivity contribution in [1.29, 1.82) is 0 Å². The first-order chi connectivity index (χ1) is 47.7. The first kappa shape index (κ1) is 92.9. The minimum absolute atomic E-state index is 0.115. The number of carbonyl (C=O) groups excluding carboxylic acids is 15. The average Bonchev–Trinajstić information content (AvgIpc) is 0.915. The molecule has 38 heteroatoms. The number of hydrogen-bond acceptors (Lipinski definition) is 23. The van der Waals surface area contributed by atoms with Crippen molar-refractivity contribution in [2.45, 2.75) is 284 Å². The quantitative estimate of drug-likeness (QED) is 0.0467. The van der Waals surface area contributed by atoms with Gasteiger partial charge in [0.2, 0.25) is 59.1 Å². The van der Waals surface area contributed by atoms with Crippen LogP contribution in [-0.2, 0) is 71.6 Å². The minimum Gasteiger partial charge on any atom is -0.444 e. The van der Waals surface area contributed by atoms with Crippen LogP contribution in [0.15, 0.2) is 0 Å². The van der Waals surface area contributed by atoms with E-state index in [1.54, 1.807) is 96.9 Å². The SMILES string of the molecule is CC[C@@H]1NC(=O)[C@@H](CC(C)C)NC(=O)[C@@H](CCNC(=O)OC(C)(C)C)NC(=O)[C@@H](NC(=O)[C@H](CNC(=O)OC(C)(C)C)NC(=O)[C@@H](NC(=O)[C@@H](N)CCNC(=O)OC(C)(C)C)C(C)O)CCNC(=O)[C@H](C(C)O)NC(=O)[C@H](CCNC(=O)OC(C)(C)C)NC(=O)[C@H](CCNC(=O)OC(C)(C)C)NC1=O. The number of alkyl carbamates (subject to hydrolysis) is 5. The van der Waals surface area contributed by atoms with Crippen LogP contribution in [0.2, 0.25) is 0 Å². The molecule has 1 aliphatic rings. The van der Waals surface area contributed by atoms with Crippen molar-refractivity contribution >= 4 is 89.5 Å². The molecule has 1 rings (SSSR count). The second-order valence-electron chi connectivity index (χ2n) is 30.4. The molecule has 1 heterocycles. The first-order valence-electron chi connectivity index (χ1n) is 34.7. The summed E-state index contributed by atoms with van der Waals surface area (Å²) in [5, 5.41) is 58.9. The molecule has 0 aromatic heterocycles. The minimum atomic E-state index is -1.96. The summed E-state index contributed by atoms with van der Waals surface area (Å²) in [4.78, 5) is 209. The third-order valence-corrected chi connectivity index (χ3v) is 14.0. The number of nitrogens with two attached hydrogens (primary N) is 1. The molecular formula is C66H118N16O22. The lowest BCUT2D eigenvalue weighted by Gasteiger charge is -2.29. The predicted molar refractivity (Wildman–Crippen MR) is 376 cm³/mol. The lowest BCUT2D eigenvalue weighted by Crippen LogP contribution is -2.63. The fourth-order valence-electron chi connectivity index (χ4n) is 9.18. The molecule has 0 saturated carbocycles. The number of carbonyl (C=O) groups is 15. The van der Waals surface area contributed by atoms with E-state index >= 15 is 4.79 Å². The molecule has 0 bridgehead atoms. The number of ether oxygens (including phenoxy) is 5. The number of nitrogens with one attached hydrogen (secondary N) is 15. The maximum Gasteiger partial charge on any atom is 0.407 e. The van der Waals surface area contributed by atoms with Crippen molar-refractivity contribution in [3.05, 3.63) is 0 Å². The van der Waals surface area contributed by atoms with Crippen molar-refractivity contribution in [2.24, 2.45) is 11.7 Å². The summed E-state index contributed by atoms with van der Waals surface area (Å²) in [6, 6.07) is -17.2. The van der Waals surface area contributed by atoms with Gasteiger partial charge in [0.05, 0.1) is 24.8 Å². The highest BCUT2D eigenvalue weighted by atomic mass is 16.6. The van der Waals surface area contributed by atoms with E-state index < -0.39 is 229 Å². The third kappa shape index (κ3) is 39.5. The zero-order valence-electron chi connectivity index (χ0n) is 63.8. The Morgan fingerprint density at radius 1 is 0.462 bits per heavy atom. The molecule has 1 fully saturated rings. The zero-order chi connectivity index (χ0) is 80.0. The van der Waals surface area contributed by atoms with Gasteiger partial charge in [-0.3, -0.25) is 47.9 Å². The molecule has 19 N–H and O–H groups in total. The van der Waals surface area contributed by atoms with Gasteiger partial charge in [-0.25, -0.2) is 24.0 Å². The Kier molecular flexibility index (Phi) is 38.1. The van der Waals surface area contributed by atoms with Crippen molar-refractivity contribution in [2.75, 3.05) is 39.3 Å². The summed E-state index contributed by atoms with van der Waals surface area (Å²) in [7, 11) is 0. The molecule has 0 aromatic rings. The Morgan fingerprint density at radius 3 is 1.20 bits per heavy atom. The van der Waals surface area contributed by atoms with Gasteiger partial charge >= 0.3 is 30.5 Å². The van der Waals surface area contributed by atoms with Gasteiger partial charge in [0.15, 0.2) is 0 Å². The van der Waals surface area contributed by atoms with Gasteiger partial charge in [-0.15, -0.1) is 0 Å². The van der Waals surface area contributed by atoms with E-state index in [9.17, 15) is 77.3 Å². The van der Waals surface area contributed by atoms with E-state index in [0.29, 0.717) is 0 Å². The molecule has 594 valence electrons. The van der Waals surface area contributed by atoms with Crippen LogP contribution >= 0.6 is 0 Å². The normalized spacial score (nSPS) is 21.0. The molecule has 0 radical (unpaired) electrons. The smallest absolute Gasteiger partial charge is 0.407 e. The zero-order valence-corrected chi connectivity index (χ0v) is 63.8. The number of amides is 15. The monoisotopic (exact) mass is 1490 g/mol. The standard InChI is InChI=1S/C66H118N16O22/c1-21-38-48(86)75-40(24-29-70-58(96)101-63(9,10)11)50(88)77-42(26-31-72-60(98)103-65(15,16)17)52(90)82-45(35(4)83)55(93)68-28-23-39(49(87)76-41(25-30-71-59(97)102-64(12,13)14)51(89)79-43(32-34(2)3)53(91)74-38)78-54(92)44(33-73-61(99)104-66(18,19)20)80-56(94)46(36(5)84)81-47(85)37(67)22-27-69-57(95)100-62(6,7)8/h34-46,83-84H,21-33,67H2,1-20H3,(H,68,93)(H,69,95)(H,70,96)(H,71,97)(H,72,98)(H,73,99)(H,74,91)(H,75,86)(H,76,87)(H,77,88)(H,78,92)(H,79,89)(H,80,94)(H,81,85)(H,82,90)/t35?,36?,37-,38-,39-,40-,41+,42-,43+,44-,45-,46-/m0/s1. The molecular weight excluding hydrogens is 1370 g/mol. The molecule has 104 heavy (non-hydrogen) atoms. The second-order valence-corrected chi connectivity index (χ2v) is 30.4. The molecule has 1 saturated heterocycles. The summed E-state index contributed by atoms with van der Waals surface area (Å²) in [5.41, 5.74) is 1.20. The Balaban J connectivity index is 4.32. The Bertz CT molecular complexity index is 2930. The summed E-state index contributed by atoms with van der Waals surface area (Å²) in [5.74, 6) is -11.5. The van der Waals surface area contributed by atoms with Crippen molar-refractivity contribution < 1.29 is 106 Å². The highest BCUT2D eigenvalue weighted by molar-refractivity contribution is 5.99. The van der Waals surface area contributed by atoms with Crippen molar-refractivity contribution in [3.8, 4) is 0 Å². The summed E-state index contributed by atoms with van der Waals surface area (Å²) in [6.07, 6.45) is -10.6. The van der Waals surface area contributed by atoms with E-state index in [0.717, 1.165) is 13.8 Å². The largest absolute Gasteiger partial charge is 0.444 e. The Hall–Kier alpha value is -9.07. The molecule has 12 atom stereocenters. The third-order valence-electron chi connectivity index (χ3n) is 14.0. The lowest BCUT2D eigenvalue weighted by atomic mass is 10.0. The van der Waals surface area contributed by atoms with E-state index in [4.69, 9.17) is 29.4 Å². The molecule has 0 aromatic carbocycles. The van der Waals surface area contributed by atoms with Gasteiger partial charge in [0.1, 0.15) is 82.4 Å². The maximum atomic E-state index is 15.0. The van der Waals surface area contributed by atoms with Crippen LogP contribution in [-0.4, -0.2) is 240 Å². The number of aliphatic hydroxyl groups is 2. The van der Waals surface area contributed by atoms with Gasteiger partial charge in [-0.1, -0.05) is 20.8 Å². The van der Waals surface area contributed by atoms with Gasteiger partial charge in [0.25, 0.3) is 0 Å². The average molecular weight is 1490 g/mol. The van der Waals surface area contributed by atoms with Crippen molar-refractivity contribution in [3.63, 3.8) is 0 Å². The summed E-state index contributed by atoms with van der Waals surface area (Å²) < 4.78 is 26.6. The van der Waals surface area contributed by atoms with Crippen LogP contribution in [0.3, 0.4) is 0 Å². The Morgan fingerprint density at radius 2 is 0.817 bits per heavy atom. The molecule has 15 amide bonds. The summed E-state index contributed by atoms with van der Waals surface area (Å²) in [6.45, 7) is 28.1. The van der Waals surface area contributed by atoms with Crippen LogP contribution in [0.4, 0.5) is 24.0 Å².